The minimum atomic E-state index is -0.282. The van der Waals surface area contributed by atoms with Crippen molar-refractivity contribution in [3.63, 3.8) is 0 Å². The first kappa shape index (κ1) is 10.1. The van der Waals surface area contributed by atoms with Gasteiger partial charge in [0.25, 0.3) is 0 Å². The Hall–Kier alpha value is -0.970. The quantitative estimate of drug-likeness (QED) is 0.729. The Morgan fingerprint density at radius 2 is 2.54 bits per heavy atom. The van der Waals surface area contributed by atoms with Crippen LogP contribution in [0.3, 0.4) is 0 Å². The van der Waals surface area contributed by atoms with Crippen molar-refractivity contribution < 1.29 is 4.79 Å². The van der Waals surface area contributed by atoms with Crippen LogP contribution < -0.4 is 5.73 Å². The van der Waals surface area contributed by atoms with Gasteiger partial charge in [-0.25, -0.2) is 4.98 Å². The van der Waals surface area contributed by atoms with Crippen molar-refractivity contribution >= 4 is 17.7 Å². The molecule has 72 valence electrons. The van der Waals surface area contributed by atoms with Crippen LogP contribution in [0.25, 0.3) is 0 Å². The summed E-state index contributed by atoms with van der Waals surface area (Å²) >= 11 is 1.41. The van der Waals surface area contributed by atoms with E-state index >= 15 is 0 Å². The Balaban J connectivity index is 2.67. The summed E-state index contributed by atoms with van der Waals surface area (Å²) in [6.45, 7) is 1.94. The standard InChI is InChI=1S/C8H13N3OS/c1-3-6(7(9)12)13-8-10-4-5-11(8)2/h4-6H,3H2,1-2H3,(H2,9,12). The van der Waals surface area contributed by atoms with Gasteiger partial charge in [-0.15, -0.1) is 0 Å². The SMILES string of the molecule is CCC(Sc1nccn1C)C(N)=O. The van der Waals surface area contributed by atoms with Gasteiger partial charge in [-0.3, -0.25) is 4.79 Å². The number of imidazole rings is 1. The van der Waals surface area contributed by atoms with Gasteiger partial charge in [0.15, 0.2) is 5.16 Å². The first-order valence-corrected chi connectivity index (χ1v) is 4.96. The second-order valence-corrected chi connectivity index (χ2v) is 3.91. The maximum absolute atomic E-state index is 10.9. The molecule has 1 aromatic rings. The maximum Gasteiger partial charge on any atom is 0.231 e. The second-order valence-electron chi connectivity index (χ2n) is 2.74. The van der Waals surface area contributed by atoms with Crippen LogP contribution in [0.1, 0.15) is 13.3 Å². The molecule has 0 aromatic carbocycles. The topological polar surface area (TPSA) is 60.9 Å². The monoisotopic (exact) mass is 199 g/mol. The van der Waals surface area contributed by atoms with Crippen molar-refractivity contribution in [2.75, 3.05) is 0 Å². The number of nitrogens with two attached hydrogens (primary N) is 1. The van der Waals surface area contributed by atoms with Crippen LogP contribution in [0.15, 0.2) is 17.6 Å². The molecule has 0 fully saturated rings. The third-order valence-electron chi connectivity index (χ3n) is 1.71. The highest BCUT2D eigenvalue weighted by molar-refractivity contribution is 8.00. The Morgan fingerprint density at radius 3 is 2.92 bits per heavy atom. The first-order valence-electron chi connectivity index (χ1n) is 4.08. The number of primary amides is 1. The Kier molecular flexibility index (Phi) is 3.36. The zero-order valence-electron chi connectivity index (χ0n) is 7.73. The molecular weight excluding hydrogens is 186 g/mol. The molecule has 1 atom stereocenters. The van der Waals surface area contributed by atoms with Crippen LogP contribution in [0, 0.1) is 0 Å². The average molecular weight is 199 g/mol. The van der Waals surface area contributed by atoms with Crippen molar-refractivity contribution in [3.05, 3.63) is 12.4 Å². The van der Waals surface area contributed by atoms with Crippen LogP contribution in [-0.2, 0) is 11.8 Å². The predicted octanol–water partition coefficient (Wildman–Crippen LogP) is 0.776. The van der Waals surface area contributed by atoms with Crippen LogP contribution in [0.2, 0.25) is 0 Å². The molecule has 1 heterocycles. The zero-order chi connectivity index (χ0) is 9.84. The van der Waals surface area contributed by atoms with E-state index in [1.54, 1.807) is 6.20 Å². The molecule has 2 N–H and O–H groups in total. The van der Waals surface area contributed by atoms with Crippen LogP contribution in [0.5, 0.6) is 0 Å². The lowest BCUT2D eigenvalue weighted by Gasteiger charge is -2.09. The highest BCUT2D eigenvalue weighted by Gasteiger charge is 2.16. The molecule has 1 unspecified atom stereocenters. The Labute approximate surface area is 81.5 Å². The molecule has 0 bridgehead atoms. The summed E-state index contributed by atoms with van der Waals surface area (Å²) in [5.74, 6) is -0.282. The normalized spacial score (nSPS) is 12.8. The van der Waals surface area contributed by atoms with E-state index in [0.29, 0.717) is 0 Å². The molecule has 1 aromatic heterocycles. The van der Waals surface area contributed by atoms with Gasteiger partial charge in [0.2, 0.25) is 5.91 Å². The minimum Gasteiger partial charge on any atom is -0.369 e. The van der Waals surface area contributed by atoms with Gasteiger partial charge in [0.05, 0.1) is 5.25 Å². The molecule has 13 heavy (non-hydrogen) atoms. The maximum atomic E-state index is 10.9. The molecule has 1 rings (SSSR count). The van der Waals surface area contributed by atoms with E-state index in [1.807, 2.05) is 24.7 Å². The van der Waals surface area contributed by atoms with Crippen molar-refractivity contribution in [1.29, 1.82) is 0 Å². The molecule has 0 saturated carbocycles. The third-order valence-corrected chi connectivity index (χ3v) is 3.17. The fraction of sp³-hybridized carbons (Fsp3) is 0.500. The number of carbonyl (C=O) groups is 1. The van der Waals surface area contributed by atoms with Gasteiger partial charge in [-0.2, -0.15) is 0 Å². The van der Waals surface area contributed by atoms with Gasteiger partial charge in [0.1, 0.15) is 0 Å². The van der Waals surface area contributed by atoms with E-state index in [2.05, 4.69) is 4.98 Å². The van der Waals surface area contributed by atoms with Crippen LogP contribution >= 0.6 is 11.8 Å². The Morgan fingerprint density at radius 1 is 1.85 bits per heavy atom. The molecule has 4 nitrogen and oxygen atoms in total. The number of carbonyl (C=O) groups excluding carboxylic acids is 1. The van der Waals surface area contributed by atoms with Gasteiger partial charge in [0, 0.05) is 19.4 Å². The lowest BCUT2D eigenvalue weighted by atomic mass is 10.3. The summed E-state index contributed by atoms with van der Waals surface area (Å²) in [5, 5.41) is 0.645. The van der Waals surface area contributed by atoms with E-state index < -0.39 is 0 Å². The number of nitrogens with zero attached hydrogens (tertiary/aromatic N) is 2. The van der Waals surface area contributed by atoms with Gasteiger partial charge in [-0.1, -0.05) is 18.7 Å². The molecular formula is C8H13N3OS. The fourth-order valence-corrected chi connectivity index (χ4v) is 1.82. The molecule has 0 spiro atoms. The molecule has 0 aliphatic carbocycles. The van der Waals surface area contributed by atoms with E-state index in [4.69, 9.17) is 5.73 Å². The summed E-state index contributed by atoms with van der Waals surface area (Å²) in [6, 6.07) is 0. The number of amides is 1. The van der Waals surface area contributed by atoms with Crippen LogP contribution in [-0.4, -0.2) is 20.7 Å². The van der Waals surface area contributed by atoms with Gasteiger partial charge >= 0.3 is 0 Å². The number of thioether (sulfide) groups is 1. The van der Waals surface area contributed by atoms with Crippen molar-refractivity contribution in [2.24, 2.45) is 12.8 Å². The average Bonchev–Trinajstić information content (AvgIpc) is 2.46. The van der Waals surface area contributed by atoms with Gasteiger partial charge in [-0.05, 0) is 6.42 Å². The van der Waals surface area contributed by atoms with E-state index in [9.17, 15) is 4.79 Å². The minimum absolute atomic E-state index is 0.180. The van der Waals surface area contributed by atoms with E-state index in [-0.39, 0.29) is 11.2 Å². The summed E-state index contributed by atoms with van der Waals surface area (Å²) in [7, 11) is 1.89. The van der Waals surface area contributed by atoms with Crippen molar-refractivity contribution in [1.82, 2.24) is 9.55 Å². The molecule has 0 saturated heterocycles. The zero-order valence-corrected chi connectivity index (χ0v) is 8.54. The molecule has 0 aliphatic heterocycles. The summed E-state index contributed by atoms with van der Waals surface area (Å²) in [6.07, 6.45) is 4.28. The van der Waals surface area contributed by atoms with Crippen LogP contribution in [0.4, 0.5) is 0 Å². The molecule has 5 heteroatoms. The summed E-state index contributed by atoms with van der Waals surface area (Å²) < 4.78 is 1.87. The summed E-state index contributed by atoms with van der Waals surface area (Å²) in [5.41, 5.74) is 5.22. The third kappa shape index (κ3) is 2.48. The number of aromatic nitrogens is 2. The molecule has 0 aliphatic rings. The van der Waals surface area contributed by atoms with Crippen molar-refractivity contribution in [3.8, 4) is 0 Å². The van der Waals surface area contributed by atoms with E-state index in [1.165, 1.54) is 11.8 Å². The van der Waals surface area contributed by atoms with Gasteiger partial charge < -0.3 is 10.3 Å². The lowest BCUT2D eigenvalue weighted by Crippen LogP contribution is -2.25. The fourth-order valence-electron chi connectivity index (χ4n) is 0.935. The first-order chi connectivity index (χ1) is 6.15. The number of hydrogen-bond acceptors (Lipinski definition) is 3. The lowest BCUT2D eigenvalue weighted by molar-refractivity contribution is -0.117. The largest absolute Gasteiger partial charge is 0.369 e. The summed E-state index contributed by atoms with van der Waals surface area (Å²) in [4.78, 5) is 15.0. The highest BCUT2D eigenvalue weighted by atomic mass is 32.2. The number of aryl methyl sites for hydroxylation is 1. The number of rotatable bonds is 4. The predicted molar refractivity (Wildman–Crippen MR) is 52.3 cm³/mol. The second kappa shape index (κ2) is 4.32. The number of hydrogen-bond donors (Lipinski definition) is 1. The van der Waals surface area contributed by atoms with E-state index in [0.717, 1.165) is 11.6 Å². The Bertz CT molecular complexity index is 297. The molecule has 1 amide bonds. The smallest absolute Gasteiger partial charge is 0.231 e. The van der Waals surface area contributed by atoms with Crippen molar-refractivity contribution in [2.45, 2.75) is 23.8 Å². The molecule has 0 radical (unpaired) electrons. The highest BCUT2D eigenvalue weighted by Crippen LogP contribution is 2.22.